The van der Waals surface area contributed by atoms with E-state index < -0.39 is 32.0 Å². The van der Waals surface area contributed by atoms with Gasteiger partial charge in [-0.05, 0) is 12.8 Å². The van der Waals surface area contributed by atoms with E-state index in [2.05, 4.69) is 19.2 Å². The molecular formula is C40H83N2O7P. The Balaban J connectivity index is 4.17. The lowest BCUT2D eigenvalue weighted by molar-refractivity contribution is -0.125. The van der Waals surface area contributed by atoms with Crippen LogP contribution in [0.25, 0.3) is 0 Å². The zero-order valence-corrected chi connectivity index (χ0v) is 33.7. The van der Waals surface area contributed by atoms with Gasteiger partial charge in [-0.1, -0.05) is 194 Å². The summed E-state index contributed by atoms with van der Waals surface area (Å²) in [6, 6.07) is -0.889. The number of hydrogen-bond acceptors (Lipinski definition) is 7. The number of aliphatic hydroxyl groups excluding tert-OH is 2. The number of carbonyl (C=O) groups excluding carboxylic acids is 1. The molecule has 0 rings (SSSR count). The second-order valence-electron chi connectivity index (χ2n) is 14.8. The summed E-state index contributed by atoms with van der Waals surface area (Å²) < 4.78 is 22.1. The van der Waals surface area contributed by atoms with Crippen LogP contribution in [0.4, 0.5) is 0 Å². The molecule has 0 saturated carbocycles. The smallest absolute Gasteiger partial charge is 0.393 e. The maximum Gasteiger partial charge on any atom is 0.472 e. The van der Waals surface area contributed by atoms with Gasteiger partial charge in [-0.2, -0.15) is 0 Å². The van der Waals surface area contributed by atoms with Gasteiger partial charge < -0.3 is 26.2 Å². The Labute approximate surface area is 308 Å². The second-order valence-corrected chi connectivity index (χ2v) is 16.2. The molecule has 0 saturated heterocycles. The van der Waals surface area contributed by atoms with E-state index in [0.717, 1.165) is 38.5 Å². The van der Waals surface area contributed by atoms with Gasteiger partial charge >= 0.3 is 7.82 Å². The van der Waals surface area contributed by atoms with Crippen LogP contribution < -0.4 is 11.1 Å². The van der Waals surface area contributed by atoms with Crippen LogP contribution in [0.15, 0.2) is 0 Å². The number of hydrogen-bond donors (Lipinski definition) is 5. The summed E-state index contributed by atoms with van der Waals surface area (Å²) in [5.41, 5.74) is 5.36. The molecule has 0 aromatic carbocycles. The van der Waals surface area contributed by atoms with Crippen molar-refractivity contribution in [3.05, 3.63) is 0 Å². The van der Waals surface area contributed by atoms with Crippen molar-refractivity contribution in [2.24, 2.45) is 5.73 Å². The van der Waals surface area contributed by atoms with E-state index in [9.17, 15) is 24.5 Å². The Morgan fingerprint density at radius 3 is 1.34 bits per heavy atom. The summed E-state index contributed by atoms with van der Waals surface area (Å²) in [6.07, 6.45) is 34.5. The predicted octanol–water partition coefficient (Wildman–Crippen LogP) is 10.4. The highest BCUT2D eigenvalue weighted by molar-refractivity contribution is 7.47. The average Bonchev–Trinajstić information content (AvgIpc) is 3.09. The lowest BCUT2D eigenvalue weighted by Gasteiger charge is -2.25. The summed E-state index contributed by atoms with van der Waals surface area (Å²) in [6.45, 7) is 4.03. The first kappa shape index (κ1) is 49.5. The largest absolute Gasteiger partial charge is 0.472 e. The van der Waals surface area contributed by atoms with E-state index >= 15 is 0 Å². The van der Waals surface area contributed by atoms with E-state index in [-0.39, 0.29) is 26.2 Å². The molecule has 4 atom stereocenters. The fraction of sp³-hybridized carbons (Fsp3) is 0.975. The molecule has 0 aliphatic rings. The molecule has 0 bridgehead atoms. The number of amides is 1. The molecule has 0 radical (unpaired) electrons. The van der Waals surface area contributed by atoms with Crippen molar-refractivity contribution in [2.75, 3.05) is 19.8 Å². The van der Waals surface area contributed by atoms with Gasteiger partial charge in [0.1, 0.15) is 0 Å². The molecule has 0 heterocycles. The van der Waals surface area contributed by atoms with Crippen LogP contribution in [-0.4, -0.2) is 59.0 Å². The van der Waals surface area contributed by atoms with Crippen molar-refractivity contribution in [1.82, 2.24) is 5.32 Å². The lowest BCUT2D eigenvalue weighted by Crippen LogP contribution is -2.47. The molecule has 0 aromatic rings. The molecule has 10 heteroatoms. The molecule has 300 valence electrons. The molecule has 50 heavy (non-hydrogen) atoms. The number of unbranched alkanes of at least 4 members (excludes halogenated alkanes) is 26. The minimum absolute atomic E-state index is 0.0624. The number of rotatable bonds is 40. The van der Waals surface area contributed by atoms with Gasteiger partial charge in [0.25, 0.3) is 0 Å². The van der Waals surface area contributed by atoms with Gasteiger partial charge in [-0.3, -0.25) is 13.8 Å². The van der Waals surface area contributed by atoms with Crippen LogP contribution in [-0.2, 0) is 18.4 Å². The molecule has 6 N–H and O–H groups in total. The lowest BCUT2D eigenvalue weighted by atomic mass is 10.0. The van der Waals surface area contributed by atoms with Crippen LogP contribution in [0.3, 0.4) is 0 Å². The number of nitrogens with one attached hydrogen (secondary N) is 1. The van der Waals surface area contributed by atoms with Crippen molar-refractivity contribution >= 4 is 13.7 Å². The highest BCUT2D eigenvalue weighted by Gasteiger charge is 2.28. The van der Waals surface area contributed by atoms with E-state index in [1.807, 2.05) is 0 Å². The van der Waals surface area contributed by atoms with Crippen molar-refractivity contribution in [2.45, 2.75) is 231 Å². The zero-order chi connectivity index (χ0) is 37.0. The number of aliphatic hydroxyl groups is 2. The Hall–Kier alpha value is -0.540. The van der Waals surface area contributed by atoms with Crippen molar-refractivity contribution in [1.29, 1.82) is 0 Å². The van der Waals surface area contributed by atoms with E-state index in [1.165, 1.54) is 141 Å². The first-order valence-electron chi connectivity index (χ1n) is 21.2. The van der Waals surface area contributed by atoms with Crippen LogP contribution >= 0.6 is 7.82 Å². The SMILES string of the molecule is CCCCCCCCCCCCCCCCCCCCCCC(O)C(COP(=O)(O)OCCN)NC(=O)CC(O)CCCCCCCCCC. The van der Waals surface area contributed by atoms with Crippen molar-refractivity contribution in [3.63, 3.8) is 0 Å². The molecule has 9 nitrogen and oxygen atoms in total. The minimum Gasteiger partial charge on any atom is -0.393 e. The first-order valence-corrected chi connectivity index (χ1v) is 22.7. The maximum absolute atomic E-state index is 12.7. The number of nitrogens with two attached hydrogens (primary N) is 1. The van der Waals surface area contributed by atoms with Crippen molar-refractivity contribution < 1.29 is 33.5 Å². The predicted molar refractivity (Wildman–Crippen MR) is 209 cm³/mol. The molecule has 0 spiro atoms. The van der Waals surface area contributed by atoms with Crippen molar-refractivity contribution in [3.8, 4) is 0 Å². The van der Waals surface area contributed by atoms with Gasteiger partial charge in [-0.25, -0.2) is 4.57 Å². The summed E-state index contributed by atoms with van der Waals surface area (Å²) in [5, 5.41) is 24.0. The first-order chi connectivity index (χ1) is 24.3. The number of carbonyl (C=O) groups is 1. The van der Waals surface area contributed by atoms with E-state index in [4.69, 9.17) is 14.8 Å². The molecule has 1 amide bonds. The second kappa shape index (κ2) is 36.8. The Morgan fingerprint density at radius 2 is 0.960 bits per heavy atom. The summed E-state index contributed by atoms with van der Waals surface area (Å²) in [5.74, 6) is -0.413. The fourth-order valence-corrected chi connectivity index (χ4v) is 7.29. The third-order valence-corrected chi connectivity index (χ3v) is 10.7. The third-order valence-electron chi connectivity index (χ3n) is 9.77. The van der Waals surface area contributed by atoms with Crippen LogP contribution in [0.1, 0.15) is 213 Å². The minimum atomic E-state index is -4.36. The topological polar surface area (TPSA) is 151 Å². The molecular weight excluding hydrogens is 651 g/mol. The van der Waals surface area contributed by atoms with Crippen LogP contribution in [0.2, 0.25) is 0 Å². The third kappa shape index (κ3) is 34.5. The number of phosphoric ester groups is 1. The maximum atomic E-state index is 12.7. The number of phosphoric acid groups is 1. The summed E-state index contributed by atoms with van der Waals surface area (Å²) >= 11 is 0. The standard InChI is InChI=1S/C40H83N2O7P/c1-3-5-7-9-11-13-14-15-16-17-18-19-20-21-22-23-24-26-28-30-32-39(44)38(36-49-50(46,47)48-34-33-41)42-40(45)35-37(43)31-29-27-25-12-10-8-6-4-2/h37-39,43-44H,3-36,41H2,1-2H3,(H,42,45)(H,46,47). The van der Waals surface area contributed by atoms with Crippen LogP contribution in [0, 0.1) is 0 Å². The molecule has 0 aliphatic carbocycles. The normalized spacial score (nSPS) is 14.8. The highest BCUT2D eigenvalue weighted by atomic mass is 31.2. The van der Waals surface area contributed by atoms with Gasteiger partial charge in [0.05, 0.1) is 37.9 Å². The molecule has 0 aromatic heterocycles. The molecule has 4 unspecified atom stereocenters. The fourth-order valence-electron chi connectivity index (χ4n) is 6.53. The van der Waals surface area contributed by atoms with Gasteiger partial charge in [0.2, 0.25) is 5.91 Å². The van der Waals surface area contributed by atoms with E-state index in [1.54, 1.807) is 0 Å². The summed E-state index contributed by atoms with van der Waals surface area (Å²) in [7, 11) is -4.36. The molecule has 0 fully saturated rings. The Bertz CT molecular complexity index is 776. The molecule has 0 aliphatic heterocycles. The average molecular weight is 735 g/mol. The Morgan fingerprint density at radius 1 is 0.600 bits per heavy atom. The van der Waals surface area contributed by atoms with Gasteiger partial charge in [-0.15, -0.1) is 0 Å². The highest BCUT2D eigenvalue weighted by Crippen LogP contribution is 2.43. The van der Waals surface area contributed by atoms with Gasteiger partial charge in [0.15, 0.2) is 0 Å². The Kier molecular flexibility index (Phi) is 36.4. The quantitative estimate of drug-likeness (QED) is 0.0308. The zero-order valence-electron chi connectivity index (χ0n) is 32.8. The van der Waals surface area contributed by atoms with Crippen LogP contribution in [0.5, 0.6) is 0 Å². The monoisotopic (exact) mass is 735 g/mol. The summed E-state index contributed by atoms with van der Waals surface area (Å²) in [4.78, 5) is 22.7. The van der Waals surface area contributed by atoms with Gasteiger partial charge in [0, 0.05) is 6.54 Å². The van der Waals surface area contributed by atoms with E-state index in [0.29, 0.717) is 12.8 Å².